The van der Waals surface area contributed by atoms with Crippen LogP contribution in [0.5, 0.6) is 0 Å². The first-order valence-electron chi connectivity index (χ1n) is 6.28. The predicted octanol–water partition coefficient (Wildman–Crippen LogP) is 3.45. The normalized spacial score (nSPS) is 12.7. The molecule has 0 radical (unpaired) electrons. The summed E-state index contributed by atoms with van der Waals surface area (Å²) in [6.45, 7) is 8.99. The molecule has 2 aromatic heterocycles. The number of aryl methyl sites for hydroxylation is 3. The lowest BCUT2D eigenvalue weighted by Crippen LogP contribution is -2.19. The van der Waals surface area contributed by atoms with E-state index in [1.807, 2.05) is 26.1 Å². The summed E-state index contributed by atoms with van der Waals surface area (Å²) in [7, 11) is 0. The molecule has 3 nitrogen and oxygen atoms in total. The Morgan fingerprint density at radius 1 is 1.33 bits per heavy atom. The molecule has 18 heavy (non-hydrogen) atoms. The van der Waals surface area contributed by atoms with Crippen LogP contribution in [0.2, 0.25) is 0 Å². The molecule has 1 N–H and O–H groups in total. The number of hydrogen-bond donors (Lipinski definition) is 1. The number of nitrogens with one attached hydrogen (secondary N) is 1. The molecular formula is C15H20N2O. The average Bonchev–Trinajstić information content (AvgIpc) is 2.67. The number of nitrogens with zero attached hydrogens (tertiary/aromatic N) is 1. The van der Waals surface area contributed by atoms with Gasteiger partial charge < -0.3 is 9.73 Å². The monoisotopic (exact) mass is 244 g/mol. The third kappa shape index (κ3) is 2.79. The van der Waals surface area contributed by atoms with Crippen LogP contribution in [0.3, 0.4) is 0 Å². The lowest BCUT2D eigenvalue weighted by atomic mass is 10.1. The van der Waals surface area contributed by atoms with Gasteiger partial charge >= 0.3 is 0 Å². The number of pyridine rings is 1. The molecule has 0 saturated carbocycles. The van der Waals surface area contributed by atoms with E-state index in [0.29, 0.717) is 0 Å². The van der Waals surface area contributed by atoms with Crippen molar-refractivity contribution in [3.8, 4) is 0 Å². The van der Waals surface area contributed by atoms with Crippen molar-refractivity contribution < 1.29 is 4.42 Å². The fraction of sp³-hybridized carbons (Fsp3) is 0.400. The minimum Gasteiger partial charge on any atom is -0.466 e. The van der Waals surface area contributed by atoms with E-state index in [4.69, 9.17) is 4.42 Å². The molecule has 0 amide bonds. The number of rotatable bonds is 4. The van der Waals surface area contributed by atoms with Gasteiger partial charge in [-0.25, -0.2) is 0 Å². The summed E-state index contributed by atoms with van der Waals surface area (Å²) in [5, 5.41) is 3.49. The molecule has 96 valence electrons. The Morgan fingerprint density at radius 3 is 2.72 bits per heavy atom. The molecule has 0 fully saturated rings. The maximum atomic E-state index is 5.56. The van der Waals surface area contributed by atoms with Gasteiger partial charge in [-0.05, 0) is 45.4 Å². The molecule has 0 aliphatic carbocycles. The summed E-state index contributed by atoms with van der Waals surface area (Å²) in [5.74, 6) is 1.95. The second-order valence-electron chi connectivity index (χ2n) is 4.74. The van der Waals surface area contributed by atoms with E-state index in [9.17, 15) is 0 Å². The molecule has 0 aliphatic rings. The Hall–Kier alpha value is -1.61. The van der Waals surface area contributed by atoms with Crippen molar-refractivity contribution in [1.82, 2.24) is 10.3 Å². The molecule has 2 aromatic rings. The van der Waals surface area contributed by atoms with Crippen LogP contribution < -0.4 is 5.32 Å². The maximum absolute atomic E-state index is 5.56. The van der Waals surface area contributed by atoms with Crippen LogP contribution in [0.1, 0.15) is 41.3 Å². The van der Waals surface area contributed by atoms with Gasteiger partial charge in [-0.15, -0.1) is 0 Å². The molecule has 0 spiro atoms. The molecule has 1 atom stereocenters. The van der Waals surface area contributed by atoms with Crippen LogP contribution in [0, 0.1) is 20.8 Å². The van der Waals surface area contributed by atoms with E-state index < -0.39 is 0 Å². The quantitative estimate of drug-likeness (QED) is 0.895. The Balaban J connectivity index is 2.03. The van der Waals surface area contributed by atoms with E-state index >= 15 is 0 Å². The molecular weight excluding hydrogens is 224 g/mol. The Morgan fingerprint density at radius 2 is 2.11 bits per heavy atom. The highest BCUT2D eigenvalue weighted by Gasteiger charge is 2.12. The zero-order valence-corrected chi connectivity index (χ0v) is 11.4. The predicted molar refractivity (Wildman–Crippen MR) is 72.4 cm³/mol. The first-order valence-corrected chi connectivity index (χ1v) is 6.28. The van der Waals surface area contributed by atoms with Gasteiger partial charge in [-0.1, -0.05) is 6.07 Å². The summed E-state index contributed by atoms with van der Waals surface area (Å²) in [5.41, 5.74) is 3.54. The van der Waals surface area contributed by atoms with Crippen LogP contribution in [0.25, 0.3) is 0 Å². The second kappa shape index (κ2) is 5.36. The van der Waals surface area contributed by atoms with E-state index in [2.05, 4.69) is 36.3 Å². The number of furan rings is 1. The van der Waals surface area contributed by atoms with Gasteiger partial charge in [0.15, 0.2) is 0 Å². The maximum Gasteiger partial charge on any atom is 0.105 e. The molecule has 2 heterocycles. The largest absolute Gasteiger partial charge is 0.466 e. The Bertz CT molecular complexity index is 531. The third-order valence-corrected chi connectivity index (χ3v) is 3.24. The van der Waals surface area contributed by atoms with E-state index in [1.54, 1.807) is 0 Å². The molecule has 1 unspecified atom stereocenters. The minimum absolute atomic E-state index is 0.267. The topological polar surface area (TPSA) is 38.1 Å². The van der Waals surface area contributed by atoms with Crippen LogP contribution in [-0.2, 0) is 6.54 Å². The first kappa shape index (κ1) is 12.8. The summed E-state index contributed by atoms with van der Waals surface area (Å²) in [6.07, 6.45) is 1.84. The summed E-state index contributed by atoms with van der Waals surface area (Å²) < 4.78 is 5.56. The standard InChI is InChI=1S/C15H20N2O/c1-10-6-5-7-16-15(10)9-17-12(3)14-8-11(2)18-13(14)4/h5-8,12,17H,9H2,1-4H3. The molecule has 0 saturated heterocycles. The molecule has 2 rings (SSSR count). The second-order valence-corrected chi connectivity index (χ2v) is 4.74. The Labute approximate surface area is 108 Å². The molecule has 0 bridgehead atoms. The van der Waals surface area contributed by atoms with Crippen molar-refractivity contribution in [1.29, 1.82) is 0 Å². The van der Waals surface area contributed by atoms with Crippen LogP contribution in [-0.4, -0.2) is 4.98 Å². The highest BCUT2D eigenvalue weighted by atomic mass is 16.3. The highest BCUT2D eigenvalue weighted by Crippen LogP contribution is 2.21. The zero-order chi connectivity index (χ0) is 13.1. The smallest absolute Gasteiger partial charge is 0.105 e. The fourth-order valence-electron chi connectivity index (χ4n) is 2.14. The molecule has 3 heteroatoms. The van der Waals surface area contributed by atoms with E-state index in [0.717, 1.165) is 23.8 Å². The van der Waals surface area contributed by atoms with Crippen LogP contribution >= 0.6 is 0 Å². The van der Waals surface area contributed by atoms with Crippen molar-refractivity contribution >= 4 is 0 Å². The van der Waals surface area contributed by atoms with Gasteiger partial charge in [-0.3, -0.25) is 4.98 Å². The van der Waals surface area contributed by atoms with Gasteiger partial charge in [0, 0.05) is 24.3 Å². The lowest BCUT2D eigenvalue weighted by Gasteiger charge is -2.13. The first-order chi connectivity index (χ1) is 8.58. The third-order valence-electron chi connectivity index (χ3n) is 3.24. The number of aromatic nitrogens is 1. The van der Waals surface area contributed by atoms with Crippen molar-refractivity contribution in [3.05, 3.63) is 52.7 Å². The van der Waals surface area contributed by atoms with Crippen LogP contribution in [0.4, 0.5) is 0 Å². The van der Waals surface area contributed by atoms with Crippen LogP contribution in [0.15, 0.2) is 28.8 Å². The zero-order valence-electron chi connectivity index (χ0n) is 11.4. The van der Waals surface area contributed by atoms with Gasteiger partial charge in [0.25, 0.3) is 0 Å². The summed E-state index contributed by atoms with van der Waals surface area (Å²) in [4.78, 5) is 4.39. The van der Waals surface area contributed by atoms with Crippen molar-refractivity contribution in [2.75, 3.05) is 0 Å². The fourth-order valence-corrected chi connectivity index (χ4v) is 2.14. The minimum atomic E-state index is 0.267. The van der Waals surface area contributed by atoms with E-state index in [-0.39, 0.29) is 6.04 Å². The van der Waals surface area contributed by atoms with Crippen molar-refractivity contribution in [3.63, 3.8) is 0 Å². The van der Waals surface area contributed by atoms with E-state index in [1.165, 1.54) is 11.1 Å². The van der Waals surface area contributed by atoms with Crippen molar-refractivity contribution in [2.24, 2.45) is 0 Å². The summed E-state index contributed by atoms with van der Waals surface area (Å²) in [6, 6.07) is 6.41. The Kier molecular flexibility index (Phi) is 3.82. The molecule has 0 aliphatic heterocycles. The van der Waals surface area contributed by atoms with Gasteiger partial charge in [-0.2, -0.15) is 0 Å². The van der Waals surface area contributed by atoms with Gasteiger partial charge in [0.2, 0.25) is 0 Å². The summed E-state index contributed by atoms with van der Waals surface area (Å²) >= 11 is 0. The SMILES string of the molecule is Cc1cc(C(C)NCc2ncccc2C)c(C)o1. The lowest BCUT2D eigenvalue weighted by molar-refractivity contribution is 0.489. The average molecular weight is 244 g/mol. The van der Waals surface area contributed by atoms with Gasteiger partial charge in [0.1, 0.15) is 11.5 Å². The molecule has 0 aromatic carbocycles. The van der Waals surface area contributed by atoms with Gasteiger partial charge in [0.05, 0.1) is 5.69 Å². The number of hydrogen-bond acceptors (Lipinski definition) is 3. The van der Waals surface area contributed by atoms with Crippen molar-refractivity contribution in [2.45, 2.75) is 40.3 Å². The highest BCUT2D eigenvalue weighted by molar-refractivity contribution is 5.24.